The number of carbonyl (C=O) groups excluding carboxylic acids is 2. The second-order valence-corrected chi connectivity index (χ2v) is 5.23. The van der Waals surface area contributed by atoms with Crippen LogP contribution in [0.15, 0.2) is 35.5 Å². The van der Waals surface area contributed by atoms with Crippen LogP contribution in [0.25, 0.3) is 0 Å². The van der Waals surface area contributed by atoms with Crippen molar-refractivity contribution in [1.29, 1.82) is 0 Å². The molecule has 0 spiro atoms. The summed E-state index contributed by atoms with van der Waals surface area (Å²) in [6, 6.07) is 7.28. The lowest BCUT2D eigenvalue weighted by Crippen LogP contribution is -2.26. The molecular formula is C17H23NO3. The van der Waals surface area contributed by atoms with E-state index in [9.17, 15) is 9.59 Å². The normalized spacial score (nSPS) is 11.9. The lowest BCUT2D eigenvalue weighted by molar-refractivity contribution is -0.139. The van der Waals surface area contributed by atoms with E-state index in [0.29, 0.717) is 23.4 Å². The molecule has 0 heterocycles. The van der Waals surface area contributed by atoms with Gasteiger partial charge < -0.3 is 10.1 Å². The van der Waals surface area contributed by atoms with E-state index >= 15 is 0 Å². The maximum absolute atomic E-state index is 12.2. The first-order valence-corrected chi connectivity index (χ1v) is 7.12. The number of carbonyl (C=O) groups is 2. The molecule has 0 bridgehead atoms. The molecule has 0 aromatic heterocycles. The Bertz CT molecular complexity index is 542. The van der Waals surface area contributed by atoms with Crippen LogP contribution in [0.2, 0.25) is 0 Å². The largest absolute Gasteiger partial charge is 0.463 e. The summed E-state index contributed by atoms with van der Waals surface area (Å²) in [5, 5.41) is 2.78. The first-order valence-electron chi connectivity index (χ1n) is 7.12. The number of benzene rings is 1. The summed E-state index contributed by atoms with van der Waals surface area (Å²) >= 11 is 0. The fourth-order valence-corrected chi connectivity index (χ4v) is 2.05. The molecule has 114 valence electrons. The van der Waals surface area contributed by atoms with Gasteiger partial charge in [0, 0.05) is 11.3 Å². The van der Waals surface area contributed by atoms with Crippen LogP contribution in [0, 0.1) is 12.8 Å². The first-order chi connectivity index (χ1) is 9.86. The molecule has 4 nitrogen and oxygen atoms in total. The fourth-order valence-electron chi connectivity index (χ4n) is 2.05. The van der Waals surface area contributed by atoms with Gasteiger partial charge >= 0.3 is 5.97 Å². The number of esters is 1. The Kier molecular flexibility index (Phi) is 6.15. The molecule has 1 aromatic rings. The maximum Gasteiger partial charge on any atom is 0.336 e. The molecule has 0 aliphatic rings. The van der Waals surface area contributed by atoms with Crippen molar-refractivity contribution in [2.24, 2.45) is 5.92 Å². The molecule has 1 amide bonds. The van der Waals surface area contributed by atoms with Crippen molar-refractivity contribution < 1.29 is 14.3 Å². The van der Waals surface area contributed by atoms with Crippen LogP contribution in [0.5, 0.6) is 0 Å². The topological polar surface area (TPSA) is 55.4 Å². The average molecular weight is 289 g/mol. The quantitative estimate of drug-likeness (QED) is 0.669. The van der Waals surface area contributed by atoms with Crippen LogP contribution >= 0.6 is 0 Å². The second kappa shape index (κ2) is 7.62. The van der Waals surface area contributed by atoms with Crippen molar-refractivity contribution in [2.75, 3.05) is 6.61 Å². The fraction of sp³-hybridized carbons (Fsp3) is 0.412. The molecule has 1 rings (SSSR count). The van der Waals surface area contributed by atoms with Gasteiger partial charge in [-0.25, -0.2) is 4.79 Å². The van der Waals surface area contributed by atoms with E-state index in [2.05, 4.69) is 5.32 Å². The van der Waals surface area contributed by atoms with E-state index < -0.39 is 0 Å². The van der Waals surface area contributed by atoms with E-state index in [1.807, 2.05) is 32.9 Å². The van der Waals surface area contributed by atoms with Gasteiger partial charge in [-0.3, -0.25) is 4.79 Å². The molecule has 0 unspecified atom stereocenters. The second-order valence-electron chi connectivity index (χ2n) is 5.23. The highest BCUT2D eigenvalue weighted by Gasteiger charge is 2.19. The smallest absolute Gasteiger partial charge is 0.336 e. The van der Waals surface area contributed by atoms with E-state index in [1.165, 1.54) is 0 Å². The van der Waals surface area contributed by atoms with Gasteiger partial charge in [0.2, 0.25) is 0 Å². The zero-order chi connectivity index (χ0) is 16.0. The number of hydrogen-bond donors (Lipinski definition) is 1. The SMILES string of the molecule is CCOC(=O)/C(=C(/C)NC(=O)c1ccc(C)cc1)C(C)C. The number of ether oxygens (including phenoxy) is 1. The van der Waals surface area contributed by atoms with Gasteiger partial charge in [-0.15, -0.1) is 0 Å². The molecule has 0 radical (unpaired) electrons. The summed E-state index contributed by atoms with van der Waals surface area (Å²) in [5.41, 5.74) is 2.69. The van der Waals surface area contributed by atoms with Crippen LogP contribution in [0.3, 0.4) is 0 Å². The number of hydrogen-bond acceptors (Lipinski definition) is 3. The van der Waals surface area contributed by atoms with Gasteiger partial charge in [0.1, 0.15) is 0 Å². The number of rotatable bonds is 5. The van der Waals surface area contributed by atoms with Crippen LogP contribution in [-0.2, 0) is 9.53 Å². The van der Waals surface area contributed by atoms with Crippen molar-refractivity contribution in [3.8, 4) is 0 Å². The number of aryl methyl sites for hydroxylation is 1. The van der Waals surface area contributed by atoms with Crippen molar-refractivity contribution in [2.45, 2.75) is 34.6 Å². The summed E-state index contributed by atoms with van der Waals surface area (Å²) in [6.07, 6.45) is 0. The highest BCUT2D eigenvalue weighted by molar-refractivity contribution is 5.97. The van der Waals surface area contributed by atoms with Crippen LogP contribution in [0.1, 0.15) is 43.6 Å². The molecule has 0 saturated carbocycles. The molecule has 4 heteroatoms. The van der Waals surface area contributed by atoms with Gasteiger partial charge in [0.15, 0.2) is 0 Å². The molecule has 0 fully saturated rings. The maximum atomic E-state index is 12.2. The Morgan fingerprint density at radius 2 is 1.76 bits per heavy atom. The van der Waals surface area contributed by atoms with E-state index in [1.54, 1.807) is 26.0 Å². The third-order valence-corrected chi connectivity index (χ3v) is 3.09. The molecule has 0 atom stereocenters. The summed E-state index contributed by atoms with van der Waals surface area (Å²) in [6.45, 7) is 9.55. The molecule has 1 aromatic carbocycles. The Hall–Kier alpha value is -2.10. The van der Waals surface area contributed by atoms with Gasteiger partial charge in [-0.1, -0.05) is 31.5 Å². The molecule has 0 aliphatic carbocycles. The van der Waals surface area contributed by atoms with Crippen molar-refractivity contribution in [3.63, 3.8) is 0 Å². The van der Waals surface area contributed by atoms with E-state index in [4.69, 9.17) is 4.74 Å². The Morgan fingerprint density at radius 3 is 2.24 bits per heavy atom. The van der Waals surface area contributed by atoms with Gasteiger partial charge in [0.25, 0.3) is 5.91 Å². The molecule has 1 N–H and O–H groups in total. The summed E-state index contributed by atoms with van der Waals surface area (Å²) in [7, 11) is 0. The van der Waals surface area contributed by atoms with Crippen molar-refractivity contribution >= 4 is 11.9 Å². The predicted molar refractivity (Wildman–Crippen MR) is 82.8 cm³/mol. The van der Waals surface area contributed by atoms with Crippen LogP contribution in [-0.4, -0.2) is 18.5 Å². The van der Waals surface area contributed by atoms with E-state index in [0.717, 1.165) is 5.56 Å². The third kappa shape index (κ3) is 4.74. The average Bonchev–Trinajstić information content (AvgIpc) is 2.39. The summed E-state index contributed by atoms with van der Waals surface area (Å²) in [4.78, 5) is 24.1. The van der Waals surface area contributed by atoms with Gasteiger partial charge in [-0.05, 0) is 38.8 Å². The molecule has 0 saturated heterocycles. The van der Waals surface area contributed by atoms with Crippen LogP contribution in [0.4, 0.5) is 0 Å². The number of allylic oxidation sites excluding steroid dienone is 1. The highest BCUT2D eigenvalue weighted by atomic mass is 16.5. The minimum Gasteiger partial charge on any atom is -0.463 e. The van der Waals surface area contributed by atoms with Crippen molar-refractivity contribution in [3.05, 3.63) is 46.7 Å². The highest BCUT2D eigenvalue weighted by Crippen LogP contribution is 2.16. The Balaban J connectivity index is 2.96. The zero-order valence-corrected chi connectivity index (χ0v) is 13.3. The standard InChI is InChI=1S/C17H23NO3/c1-6-21-17(20)15(11(2)3)13(5)18-16(19)14-9-7-12(4)8-10-14/h7-11H,6H2,1-5H3,(H,18,19)/b15-13-. The minimum absolute atomic E-state index is 0.0256. The summed E-state index contributed by atoms with van der Waals surface area (Å²) in [5.74, 6) is -0.633. The summed E-state index contributed by atoms with van der Waals surface area (Å²) < 4.78 is 5.04. The minimum atomic E-state index is -0.380. The van der Waals surface area contributed by atoms with Gasteiger partial charge in [-0.2, -0.15) is 0 Å². The van der Waals surface area contributed by atoms with Gasteiger partial charge in [0.05, 0.1) is 12.2 Å². The Morgan fingerprint density at radius 1 is 1.19 bits per heavy atom. The number of nitrogens with one attached hydrogen (secondary N) is 1. The van der Waals surface area contributed by atoms with E-state index in [-0.39, 0.29) is 17.8 Å². The van der Waals surface area contributed by atoms with Crippen molar-refractivity contribution in [1.82, 2.24) is 5.32 Å². The first kappa shape index (κ1) is 17.0. The lowest BCUT2D eigenvalue weighted by atomic mass is 10.0. The monoisotopic (exact) mass is 289 g/mol. The number of amides is 1. The zero-order valence-electron chi connectivity index (χ0n) is 13.3. The Labute approximate surface area is 126 Å². The molecule has 0 aliphatic heterocycles. The van der Waals surface area contributed by atoms with Crippen LogP contribution < -0.4 is 5.32 Å². The lowest BCUT2D eigenvalue weighted by Gasteiger charge is -2.15. The molecule has 21 heavy (non-hydrogen) atoms. The predicted octanol–water partition coefficient (Wildman–Crippen LogP) is 3.22. The molecular weight excluding hydrogens is 266 g/mol. The third-order valence-electron chi connectivity index (χ3n) is 3.09.